The number of aryl methyl sites for hydroxylation is 1. The Balaban J connectivity index is 1.87. The van der Waals surface area contributed by atoms with E-state index in [1.165, 1.54) is 6.07 Å². The van der Waals surface area contributed by atoms with E-state index in [0.717, 1.165) is 5.69 Å². The van der Waals surface area contributed by atoms with Gasteiger partial charge in [0, 0.05) is 13.2 Å². The topological polar surface area (TPSA) is 55.9 Å². The predicted octanol–water partition coefficient (Wildman–Crippen LogP) is 2.87. The highest BCUT2D eigenvalue weighted by molar-refractivity contribution is 5.74. The summed E-state index contributed by atoms with van der Waals surface area (Å²) in [6.07, 6.45) is 1.86. The van der Waals surface area contributed by atoms with E-state index in [2.05, 4.69) is 15.4 Å². The minimum atomic E-state index is -0.413. The fourth-order valence-corrected chi connectivity index (χ4v) is 1.90. The fourth-order valence-electron chi connectivity index (χ4n) is 1.90. The molecular formula is C13H13FN4O. The van der Waals surface area contributed by atoms with Crippen LogP contribution in [0.25, 0.3) is 11.1 Å². The van der Waals surface area contributed by atoms with Crippen molar-refractivity contribution in [2.75, 3.05) is 5.32 Å². The smallest absolute Gasteiger partial charge is 0.296 e. The molecule has 0 fully saturated rings. The number of nitrogens with one attached hydrogen (secondary N) is 1. The van der Waals surface area contributed by atoms with Gasteiger partial charge in [0.2, 0.25) is 0 Å². The van der Waals surface area contributed by atoms with Crippen molar-refractivity contribution in [3.05, 3.63) is 42.0 Å². The maximum Gasteiger partial charge on any atom is 0.296 e. The summed E-state index contributed by atoms with van der Waals surface area (Å²) in [5, 5.41) is 7.36. The van der Waals surface area contributed by atoms with Gasteiger partial charge in [-0.15, -0.1) is 0 Å². The summed E-state index contributed by atoms with van der Waals surface area (Å²) in [6.45, 7) is 1.94. The molecular weight excluding hydrogens is 247 g/mol. The van der Waals surface area contributed by atoms with E-state index in [9.17, 15) is 4.39 Å². The van der Waals surface area contributed by atoms with Gasteiger partial charge in [-0.3, -0.25) is 4.68 Å². The zero-order valence-electron chi connectivity index (χ0n) is 10.6. The summed E-state index contributed by atoms with van der Waals surface area (Å²) in [6, 6.07) is 6.78. The second-order valence-corrected chi connectivity index (χ2v) is 4.39. The number of halogens is 1. The third kappa shape index (κ3) is 2.16. The summed E-state index contributed by atoms with van der Waals surface area (Å²) in [5.41, 5.74) is 1.53. The van der Waals surface area contributed by atoms with Gasteiger partial charge in [0.1, 0.15) is 5.52 Å². The summed E-state index contributed by atoms with van der Waals surface area (Å²) in [4.78, 5) is 4.19. The zero-order chi connectivity index (χ0) is 13.4. The summed E-state index contributed by atoms with van der Waals surface area (Å²) < 4.78 is 20.6. The van der Waals surface area contributed by atoms with Crippen LogP contribution in [0.5, 0.6) is 0 Å². The normalized spacial score (nSPS) is 12.8. The second kappa shape index (κ2) is 4.38. The molecule has 0 aliphatic carbocycles. The molecule has 1 N–H and O–H groups in total. The number of aromatic nitrogens is 3. The summed E-state index contributed by atoms with van der Waals surface area (Å²) in [7, 11) is 1.85. The largest absolute Gasteiger partial charge is 0.420 e. The van der Waals surface area contributed by atoms with Gasteiger partial charge in [-0.05, 0) is 25.1 Å². The first kappa shape index (κ1) is 11.7. The zero-order valence-corrected chi connectivity index (χ0v) is 10.6. The number of oxazole rings is 1. The van der Waals surface area contributed by atoms with Crippen molar-refractivity contribution in [2.45, 2.75) is 13.0 Å². The summed E-state index contributed by atoms with van der Waals surface area (Å²) in [5.74, 6) is -0.413. The number of hydrogen-bond donors (Lipinski definition) is 1. The molecule has 2 aromatic heterocycles. The quantitative estimate of drug-likeness (QED) is 0.786. The molecule has 6 heteroatoms. The molecule has 0 spiro atoms. The van der Waals surface area contributed by atoms with Crippen molar-refractivity contribution in [2.24, 2.45) is 7.05 Å². The van der Waals surface area contributed by atoms with E-state index in [-0.39, 0.29) is 11.6 Å². The van der Waals surface area contributed by atoms with Gasteiger partial charge in [0.25, 0.3) is 6.01 Å². The SMILES string of the molecule is CC(Nc1nc2cccc(F)c2o1)c1ccn(C)n1. The lowest BCUT2D eigenvalue weighted by Gasteiger charge is -2.08. The molecule has 0 saturated heterocycles. The lowest BCUT2D eigenvalue weighted by molar-refractivity contribution is 0.556. The third-order valence-corrected chi connectivity index (χ3v) is 2.88. The number of benzene rings is 1. The van der Waals surface area contributed by atoms with Gasteiger partial charge in [-0.25, -0.2) is 4.39 Å². The van der Waals surface area contributed by atoms with Crippen LogP contribution in [0, 0.1) is 5.82 Å². The number of fused-ring (bicyclic) bond motifs is 1. The highest BCUT2D eigenvalue weighted by Crippen LogP contribution is 2.24. The number of hydrogen-bond acceptors (Lipinski definition) is 4. The molecule has 2 heterocycles. The van der Waals surface area contributed by atoms with Gasteiger partial charge >= 0.3 is 0 Å². The molecule has 98 valence electrons. The van der Waals surface area contributed by atoms with Crippen LogP contribution in [0.3, 0.4) is 0 Å². The molecule has 0 radical (unpaired) electrons. The molecule has 19 heavy (non-hydrogen) atoms. The number of nitrogens with zero attached hydrogens (tertiary/aromatic N) is 3. The van der Waals surface area contributed by atoms with E-state index in [1.54, 1.807) is 16.8 Å². The number of rotatable bonds is 3. The van der Waals surface area contributed by atoms with Gasteiger partial charge in [-0.2, -0.15) is 10.1 Å². The van der Waals surface area contributed by atoms with Crippen molar-refractivity contribution in [3.63, 3.8) is 0 Å². The molecule has 5 nitrogen and oxygen atoms in total. The van der Waals surface area contributed by atoms with Crippen LogP contribution in [-0.2, 0) is 7.05 Å². The van der Waals surface area contributed by atoms with Gasteiger partial charge in [-0.1, -0.05) is 6.07 Å². The molecule has 1 atom stereocenters. The predicted molar refractivity (Wildman–Crippen MR) is 69.2 cm³/mol. The van der Waals surface area contributed by atoms with Crippen LogP contribution in [0.1, 0.15) is 18.7 Å². The van der Waals surface area contributed by atoms with Crippen LogP contribution in [-0.4, -0.2) is 14.8 Å². The van der Waals surface area contributed by atoms with Gasteiger partial charge in [0.15, 0.2) is 11.4 Å². The molecule has 0 amide bonds. The van der Waals surface area contributed by atoms with Crippen LogP contribution >= 0.6 is 0 Å². The van der Waals surface area contributed by atoms with Crippen molar-refractivity contribution in [1.29, 1.82) is 0 Å². The molecule has 0 bridgehead atoms. The Hall–Kier alpha value is -2.37. The minimum absolute atomic E-state index is 0.0719. The maximum absolute atomic E-state index is 13.5. The second-order valence-electron chi connectivity index (χ2n) is 4.39. The van der Waals surface area contributed by atoms with Gasteiger partial charge < -0.3 is 9.73 Å². The first-order chi connectivity index (χ1) is 9.13. The molecule has 3 aromatic rings. The molecule has 0 aliphatic rings. The minimum Gasteiger partial charge on any atom is -0.420 e. The third-order valence-electron chi connectivity index (χ3n) is 2.88. The van der Waals surface area contributed by atoms with Crippen molar-refractivity contribution < 1.29 is 8.81 Å². The van der Waals surface area contributed by atoms with Gasteiger partial charge in [0.05, 0.1) is 11.7 Å². The number of anilines is 1. The lowest BCUT2D eigenvalue weighted by atomic mass is 10.2. The molecule has 1 unspecified atom stereocenters. The van der Waals surface area contributed by atoms with E-state index in [0.29, 0.717) is 11.5 Å². The van der Waals surface area contributed by atoms with E-state index in [1.807, 2.05) is 26.2 Å². The highest BCUT2D eigenvalue weighted by atomic mass is 19.1. The van der Waals surface area contributed by atoms with Crippen LogP contribution in [0.15, 0.2) is 34.9 Å². The Morgan fingerprint density at radius 1 is 1.37 bits per heavy atom. The molecule has 0 aliphatic heterocycles. The highest BCUT2D eigenvalue weighted by Gasteiger charge is 2.14. The lowest BCUT2D eigenvalue weighted by Crippen LogP contribution is -2.08. The van der Waals surface area contributed by atoms with Crippen molar-refractivity contribution >= 4 is 17.1 Å². The standard InChI is InChI=1S/C13H13FN4O/c1-8(10-6-7-18(2)17-10)15-13-16-11-5-3-4-9(14)12(11)19-13/h3-8H,1-2H3,(H,15,16). The molecule has 0 saturated carbocycles. The van der Waals surface area contributed by atoms with Crippen LogP contribution in [0.2, 0.25) is 0 Å². The first-order valence-corrected chi connectivity index (χ1v) is 5.94. The Morgan fingerprint density at radius 3 is 2.89 bits per heavy atom. The maximum atomic E-state index is 13.5. The Morgan fingerprint density at radius 2 is 2.21 bits per heavy atom. The van der Waals surface area contributed by atoms with E-state index >= 15 is 0 Å². The average molecular weight is 260 g/mol. The Bertz CT molecular complexity index is 718. The molecule has 3 rings (SSSR count). The van der Waals surface area contributed by atoms with E-state index in [4.69, 9.17) is 4.42 Å². The first-order valence-electron chi connectivity index (χ1n) is 5.94. The van der Waals surface area contributed by atoms with Crippen molar-refractivity contribution in [1.82, 2.24) is 14.8 Å². The fraction of sp³-hybridized carbons (Fsp3) is 0.231. The Kier molecular flexibility index (Phi) is 2.70. The number of para-hydroxylation sites is 1. The van der Waals surface area contributed by atoms with Crippen LogP contribution in [0.4, 0.5) is 10.4 Å². The average Bonchev–Trinajstić information content (AvgIpc) is 2.96. The Labute approximate surface area is 109 Å². The summed E-state index contributed by atoms with van der Waals surface area (Å²) >= 11 is 0. The van der Waals surface area contributed by atoms with Crippen LogP contribution < -0.4 is 5.32 Å². The monoisotopic (exact) mass is 260 g/mol. The van der Waals surface area contributed by atoms with E-state index < -0.39 is 5.82 Å². The molecule has 1 aromatic carbocycles. The van der Waals surface area contributed by atoms with Crippen molar-refractivity contribution in [3.8, 4) is 0 Å².